The summed E-state index contributed by atoms with van der Waals surface area (Å²) in [6, 6.07) is 23.0. The fourth-order valence-corrected chi connectivity index (χ4v) is 3.10. The Morgan fingerprint density at radius 3 is 2.34 bits per heavy atom. The van der Waals surface area contributed by atoms with Crippen molar-refractivity contribution in [3.63, 3.8) is 0 Å². The lowest BCUT2D eigenvalue weighted by Crippen LogP contribution is -2.42. The molecule has 6 heteroatoms. The molecular formula is C23H18N2O4. The third-order valence-corrected chi connectivity index (χ3v) is 4.59. The van der Waals surface area contributed by atoms with Crippen molar-refractivity contribution >= 4 is 23.4 Å². The Kier molecular flexibility index (Phi) is 5.18. The van der Waals surface area contributed by atoms with Crippen molar-refractivity contribution in [3.05, 3.63) is 101 Å². The second-order valence-corrected chi connectivity index (χ2v) is 6.62. The maximum Gasteiger partial charge on any atom is 0.285 e. The lowest BCUT2D eigenvalue weighted by atomic mass is 9.99. The van der Waals surface area contributed by atoms with E-state index in [2.05, 4.69) is 5.32 Å². The van der Waals surface area contributed by atoms with Crippen LogP contribution < -0.4 is 5.32 Å². The number of nitrogens with zero attached hydrogens (tertiary/aromatic N) is 1. The third-order valence-electron chi connectivity index (χ3n) is 4.59. The maximum absolute atomic E-state index is 12.8. The summed E-state index contributed by atoms with van der Waals surface area (Å²) in [5, 5.41) is 3.58. The second-order valence-electron chi connectivity index (χ2n) is 6.62. The maximum atomic E-state index is 12.8. The highest BCUT2D eigenvalue weighted by molar-refractivity contribution is 6.10. The average Bonchev–Trinajstić information content (AvgIpc) is 2.75. The Bertz CT molecular complexity index is 1060. The number of amides is 3. The van der Waals surface area contributed by atoms with Gasteiger partial charge in [-0.05, 0) is 35.4 Å². The van der Waals surface area contributed by atoms with Gasteiger partial charge in [-0.2, -0.15) is 0 Å². The van der Waals surface area contributed by atoms with Crippen LogP contribution in [0.3, 0.4) is 0 Å². The third kappa shape index (κ3) is 4.07. The van der Waals surface area contributed by atoms with Crippen molar-refractivity contribution in [3.8, 4) is 0 Å². The van der Waals surface area contributed by atoms with Crippen LogP contribution in [0.4, 0.5) is 5.69 Å². The molecule has 29 heavy (non-hydrogen) atoms. The van der Waals surface area contributed by atoms with E-state index in [1.807, 2.05) is 36.4 Å². The highest BCUT2D eigenvalue weighted by atomic mass is 16.7. The van der Waals surface area contributed by atoms with Gasteiger partial charge in [0.2, 0.25) is 0 Å². The highest BCUT2D eigenvalue weighted by Gasteiger charge is 2.32. The molecule has 0 radical (unpaired) electrons. The number of fused-ring (bicyclic) bond motifs is 1. The zero-order valence-corrected chi connectivity index (χ0v) is 15.5. The monoisotopic (exact) mass is 386 g/mol. The second kappa shape index (κ2) is 8.08. The van der Waals surface area contributed by atoms with E-state index in [9.17, 15) is 14.4 Å². The first kappa shape index (κ1) is 18.6. The minimum Gasteiger partial charge on any atom is -0.322 e. The number of imide groups is 1. The van der Waals surface area contributed by atoms with Crippen LogP contribution in [0.1, 0.15) is 31.8 Å². The molecule has 0 unspecified atom stereocenters. The molecule has 6 nitrogen and oxygen atoms in total. The number of hydroxylamine groups is 2. The van der Waals surface area contributed by atoms with Crippen molar-refractivity contribution in [1.29, 1.82) is 0 Å². The summed E-state index contributed by atoms with van der Waals surface area (Å²) in [5.74, 6) is -1.23. The zero-order chi connectivity index (χ0) is 20.2. The quantitative estimate of drug-likeness (QED) is 0.680. The standard InChI is InChI=1S/C23H18N2O4/c26-21-13-18-11-12-19(24-22(27)17-9-5-2-6-10-17)14-20(18)23(28)25(21)29-15-16-7-3-1-4-8-16/h1-12,14H,13,15H2,(H,24,27). The van der Waals surface area contributed by atoms with E-state index in [0.717, 1.165) is 10.6 Å². The highest BCUT2D eigenvalue weighted by Crippen LogP contribution is 2.24. The summed E-state index contributed by atoms with van der Waals surface area (Å²) in [4.78, 5) is 43.0. The van der Waals surface area contributed by atoms with Crippen molar-refractivity contribution in [1.82, 2.24) is 5.06 Å². The van der Waals surface area contributed by atoms with Gasteiger partial charge in [0.05, 0.1) is 6.42 Å². The first-order valence-electron chi connectivity index (χ1n) is 9.15. The molecule has 1 heterocycles. The van der Waals surface area contributed by atoms with Gasteiger partial charge in [-0.3, -0.25) is 19.2 Å². The van der Waals surface area contributed by atoms with E-state index in [1.165, 1.54) is 0 Å². The number of hydrogen-bond donors (Lipinski definition) is 1. The number of carbonyl (C=O) groups excluding carboxylic acids is 3. The minimum absolute atomic E-state index is 0.0583. The Hall–Kier alpha value is -3.77. The van der Waals surface area contributed by atoms with Gasteiger partial charge >= 0.3 is 0 Å². The van der Waals surface area contributed by atoms with Gasteiger partial charge in [-0.15, -0.1) is 5.06 Å². The van der Waals surface area contributed by atoms with Crippen LogP contribution in [0.25, 0.3) is 0 Å². The first-order chi connectivity index (χ1) is 14.1. The van der Waals surface area contributed by atoms with Gasteiger partial charge in [0, 0.05) is 16.8 Å². The van der Waals surface area contributed by atoms with Gasteiger partial charge in [0.15, 0.2) is 0 Å². The largest absolute Gasteiger partial charge is 0.322 e. The fourth-order valence-electron chi connectivity index (χ4n) is 3.10. The van der Waals surface area contributed by atoms with Crippen LogP contribution in [-0.4, -0.2) is 22.8 Å². The molecule has 0 aliphatic carbocycles. The summed E-state index contributed by atoms with van der Waals surface area (Å²) >= 11 is 0. The van der Waals surface area contributed by atoms with Crippen LogP contribution in [0.2, 0.25) is 0 Å². The average molecular weight is 386 g/mol. The molecule has 3 aromatic carbocycles. The molecular weight excluding hydrogens is 368 g/mol. The Morgan fingerprint density at radius 2 is 1.62 bits per heavy atom. The molecule has 3 amide bonds. The van der Waals surface area contributed by atoms with E-state index < -0.39 is 11.8 Å². The molecule has 1 aliphatic heterocycles. The molecule has 0 aromatic heterocycles. The Balaban J connectivity index is 1.51. The lowest BCUT2D eigenvalue weighted by molar-refractivity contribution is -0.174. The van der Waals surface area contributed by atoms with Crippen LogP contribution in [0, 0.1) is 0 Å². The van der Waals surface area contributed by atoms with E-state index >= 15 is 0 Å². The molecule has 4 rings (SSSR count). The molecule has 0 bridgehead atoms. The number of carbonyl (C=O) groups is 3. The predicted molar refractivity (Wildman–Crippen MR) is 107 cm³/mol. The summed E-state index contributed by atoms with van der Waals surface area (Å²) in [6.07, 6.45) is 0.0583. The number of nitrogens with one attached hydrogen (secondary N) is 1. The van der Waals surface area contributed by atoms with Crippen LogP contribution in [-0.2, 0) is 22.7 Å². The molecule has 1 aliphatic rings. The molecule has 0 saturated heterocycles. The topological polar surface area (TPSA) is 75.7 Å². The normalized spacial score (nSPS) is 13.2. The van der Waals surface area contributed by atoms with E-state index in [1.54, 1.807) is 42.5 Å². The van der Waals surface area contributed by atoms with Crippen LogP contribution in [0.5, 0.6) is 0 Å². The summed E-state index contributed by atoms with van der Waals surface area (Å²) in [7, 11) is 0. The Morgan fingerprint density at radius 1 is 0.931 bits per heavy atom. The zero-order valence-electron chi connectivity index (χ0n) is 15.5. The SMILES string of the molecule is O=C(Nc1ccc2c(c1)C(=O)N(OCc1ccccc1)C(=O)C2)c1ccccc1. The molecule has 144 valence electrons. The van der Waals surface area contributed by atoms with E-state index in [-0.39, 0.29) is 18.9 Å². The van der Waals surface area contributed by atoms with Crippen molar-refractivity contribution in [2.45, 2.75) is 13.0 Å². The van der Waals surface area contributed by atoms with Gasteiger partial charge in [0.25, 0.3) is 17.7 Å². The fraction of sp³-hybridized carbons (Fsp3) is 0.0870. The molecule has 0 spiro atoms. The summed E-state index contributed by atoms with van der Waals surface area (Å²) in [6.45, 7) is 0.109. The Labute approximate surface area is 167 Å². The lowest BCUT2D eigenvalue weighted by Gasteiger charge is -2.26. The van der Waals surface area contributed by atoms with Crippen LogP contribution >= 0.6 is 0 Å². The van der Waals surface area contributed by atoms with E-state index in [0.29, 0.717) is 22.4 Å². The van der Waals surface area contributed by atoms with Gasteiger partial charge in [0.1, 0.15) is 6.61 Å². The molecule has 0 fully saturated rings. The summed E-state index contributed by atoms with van der Waals surface area (Å²) in [5.41, 5.74) is 2.78. The smallest absolute Gasteiger partial charge is 0.285 e. The first-order valence-corrected chi connectivity index (χ1v) is 9.15. The molecule has 1 N–H and O–H groups in total. The van der Waals surface area contributed by atoms with Gasteiger partial charge < -0.3 is 5.32 Å². The van der Waals surface area contributed by atoms with Gasteiger partial charge in [-0.25, -0.2) is 0 Å². The predicted octanol–water partition coefficient (Wildman–Crippen LogP) is 3.60. The molecule has 0 atom stereocenters. The van der Waals surface area contributed by atoms with Crippen molar-refractivity contribution in [2.24, 2.45) is 0 Å². The van der Waals surface area contributed by atoms with Gasteiger partial charge in [-0.1, -0.05) is 54.6 Å². The molecule has 0 saturated carbocycles. The number of hydrogen-bond acceptors (Lipinski definition) is 4. The number of rotatable bonds is 5. The van der Waals surface area contributed by atoms with Crippen molar-refractivity contribution in [2.75, 3.05) is 5.32 Å². The number of benzene rings is 3. The minimum atomic E-state index is -0.539. The van der Waals surface area contributed by atoms with E-state index in [4.69, 9.17) is 4.84 Å². The van der Waals surface area contributed by atoms with Crippen LogP contribution in [0.15, 0.2) is 78.9 Å². The number of anilines is 1. The van der Waals surface area contributed by atoms with Crippen molar-refractivity contribution < 1.29 is 19.2 Å². The summed E-state index contributed by atoms with van der Waals surface area (Å²) < 4.78 is 0. The molecule has 3 aromatic rings.